The van der Waals surface area contributed by atoms with Crippen LogP contribution in [0, 0.1) is 0 Å². The van der Waals surface area contributed by atoms with Crippen LogP contribution in [0.2, 0.25) is 0 Å². The molecule has 1 aromatic carbocycles. The number of benzene rings is 1. The summed E-state index contributed by atoms with van der Waals surface area (Å²) in [6.07, 6.45) is 0.740. The third-order valence-corrected chi connectivity index (χ3v) is 4.21. The van der Waals surface area contributed by atoms with Crippen LogP contribution in [0.1, 0.15) is 16.2 Å². The molecule has 0 spiro atoms. The summed E-state index contributed by atoms with van der Waals surface area (Å²) in [5.74, 6) is -0.334. The topological polar surface area (TPSA) is 96.2 Å². The van der Waals surface area contributed by atoms with Gasteiger partial charge in [0, 0.05) is 25.0 Å². The largest absolute Gasteiger partial charge is 0.314 e. The molecule has 1 aliphatic rings. The van der Waals surface area contributed by atoms with Crippen molar-refractivity contribution in [3.05, 3.63) is 29.6 Å². The highest BCUT2D eigenvalue weighted by atomic mass is 32.1. The third-order valence-electron chi connectivity index (χ3n) is 3.94. The van der Waals surface area contributed by atoms with Crippen molar-refractivity contribution in [2.24, 2.45) is 0 Å². The van der Waals surface area contributed by atoms with Gasteiger partial charge in [-0.15, -0.1) is 5.10 Å². The number of amides is 2. The Morgan fingerprint density at radius 2 is 2.21 bits per heavy atom. The fraction of sp³-hybridized carbons (Fsp3) is 0.357. The van der Waals surface area contributed by atoms with Gasteiger partial charge >= 0.3 is 0 Å². The second kappa shape index (κ2) is 6.57. The smallest absolute Gasteiger partial charge is 0.298 e. The number of hydrogen-bond donors (Lipinski definition) is 2. The van der Waals surface area contributed by atoms with Crippen molar-refractivity contribution < 1.29 is 9.59 Å². The number of aromatic nitrogens is 4. The summed E-state index contributed by atoms with van der Waals surface area (Å²) in [5.41, 5.74) is 2.52. The molecule has 0 unspecified atom stereocenters. The fourth-order valence-corrected chi connectivity index (χ4v) is 2.79. The second-order valence-electron chi connectivity index (χ2n) is 5.39. The predicted molar refractivity (Wildman–Crippen MR) is 91.4 cm³/mol. The van der Waals surface area contributed by atoms with Crippen LogP contribution in [0.25, 0.3) is 0 Å². The number of thiol groups is 1. The van der Waals surface area contributed by atoms with Crippen LogP contribution in [0.15, 0.2) is 18.2 Å². The number of nitrogens with zero attached hydrogens (tertiary/aromatic N) is 6. The minimum Gasteiger partial charge on any atom is -0.314 e. The Balaban J connectivity index is 1.90. The molecule has 1 aliphatic heterocycles. The predicted octanol–water partition coefficient (Wildman–Crippen LogP) is -0.249. The number of likely N-dealkylation sites (N-methyl/N-ethyl adjacent to an activating group) is 2. The molecule has 0 radical (unpaired) electrons. The lowest BCUT2D eigenvalue weighted by atomic mass is 10.1. The molecular formula is C14H17N7O2S. The zero-order chi connectivity index (χ0) is 17.3. The van der Waals surface area contributed by atoms with E-state index in [0.717, 1.165) is 27.4 Å². The van der Waals surface area contributed by atoms with E-state index < -0.39 is 0 Å². The highest BCUT2D eigenvalue weighted by Gasteiger charge is 2.29. The van der Waals surface area contributed by atoms with Gasteiger partial charge in [0.2, 0.25) is 5.91 Å². The maximum Gasteiger partial charge on any atom is 0.298 e. The van der Waals surface area contributed by atoms with Gasteiger partial charge in [-0.1, -0.05) is 6.07 Å². The quantitative estimate of drug-likeness (QED) is 0.741. The Labute approximate surface area is 144 Å². The van der Waals surface area contributed by atoms with E-state index in [1.54, 1.807) is 23.9 Å². The first-order valence-corrected chi connectivity index (χ1v) is 7.76. The van der Waals surface area contributed by atoms with Crippen LogP contribution in [-0.4, -0.2) is 58.6 Å². The van der Waals surface area contributed by atoms with Crippen molar-refractivity contribution in [1.82, 2.24) is 24.9 Å². The molecule has 126 valence electrons. The molecule has 2 aromatic rings. The highest BCUT2D eigenvalue weighted by Crippen LogP contribution is 2.32. The molecule has 24 heavy (non-hydrogen) atoms. The highest BCUT2D eigenvalue weighted by molar-refractivity contribution is 7.78. The van der Waals surface area contributed by atoms with E-state index in [2.05, 4.69) is 33.7 Å². The molecule has 0 bridgehead atoms. The molecule has 0 saturated carbocycles. The summed E-state index contributed by atoms with van der Waals surface area (Å²) >= 11 is 4.03. The number of nitrogens with one attached hydrogen (secondary N) is 1. The number of carbonyl (C=O) groups excluding carboxylic acids is 2. The summed E-state index contributed by atoms with van der Waals surface area (Å²) in [6, 6.07) is 5.65. The van der Waals surface area contributed by atoms with Gasteiger partial charge in [0.05, 0.1) is 6.54 Å². The molecule has 10 heteroatoms. The molecule has 0 fully saturated rings. The zero-order valence-electron chi connectivity index (χ0n) is 13.3. The lowest BCUT2D eigenvalue weighted by Gasteiger charge is -2.21. The summed E-state index contributed by atoms with van der Waals surface area (Å²) in [5, 5.41) is 13.5. The maximum atomic E-state index is 12.6. The van der Waals surface area contributed by atoms with Crippen molar-refractivity contribution in [2.75, 3.05) is 37.0 Å². The molecule has 2 heterocycles. The standard InChI is InChI=1S/C14H17N7O2S/c1-15-8-12(22)19(2)10-4-3-9-5-6-20(11(9)7-10)14(23)13-16-17-18-21(13)24/h3-4,7,15,24H,5-6,8H2,1-2H3. The monoisotopic (exact) mass is 347 g/mol. The molecule has 1 N–H and O–H groups in total. The van der Waals surface area contributed by atoms with Crippen molar-refractivity contribution in [3.63, 3.8) is 0 Å². The maximum absolute atomic E-state index is 12.6. The van der Waals surface area contributed by atoms with Crippen LogP contribution >= 0.6 is 12.8 Å². The molecular weight excluding hydrogens is 330 g/mol. The molecule has 0 aliphatic carbocycles. The van der Waals surface area contributed by atoms with Crippen molar-refractivity contribution in [3.8, 4) is 0 Å². The Bertz CT molecular complexity index is 791. The van der Waals surface area contributed by atoms with E-state index in [1.165, 1.54) is 0 Å². The molecule has 1 aromatic heterocycles. The second-order valence-corrected chi connectivity index (χ2v) is 5.77. The average Bonchev–Trinajstić information content (AvgIpc) is 3.19. The van der Waals surface area contributed by atoms with Crippen LogP contribution in [0.5, 0.6) is 0 Å². The summed E-state index contributed by atoms with van der Waals surface area (Å²) in [6.45, 7) is 0.775. The number of fused-ring (bicyclic) bond motifs is 1. The van der Waals surface area contributed by atoms with Gasteiger partial charge in [0.1, 0.15) is 0 Å². The molecule has 9 nitrogen and oxygen atoms in total. The van der Waals surface area contributed by atoms with Gasteiger partial charge in [-0.25, -0.2) is 0 Å². The Morgan fingerprint density at radius 1 is 1.42 bits per heavy atom. The van der Waals surface area contributed by atoms with Gasteiger partial charge < -0.3 is 15.1 Å². The van der Waals surface area contributed by atoms with Gasteiger partial charge in [-0.3, -0.25) is 9.59 Å². The Morgan fingerprint density at radius 3 is 2.88 bits per heavy atom. The lowest BCUT2D eigenvalue weighted by Crippen LogP contribution is -2.34. The summed E-state index contributed by atoms with van der Waals surface area (Å²) in [4.78, 5) is 27.8. The lowest BCUT2D eigenvalue weighted by molar-refractivity contribution is -0.117. The van der Waals surface area contributed by atoms with Crippen LogP contribution < -0.4 is 15.1 Å². The van der Waals surface area contributed by atoms with Crippen LogP contribution in [0.3, 0.4) is 0 Å². The van der Waals surface area contributed by atoms with Crippen LogP contribution in [-0.2, 0) is 11.2 Å². The number of hydrogen-bond acceptors (Lipinski definition) is 7. The number of carbonyl (C=O) groups is 2. The van der Waals surface area contributed by atoms with E-state index in [4.69, 9.17) is 0 Å². The number of tetrazole rings is 1. The summed E-state index contributed by atoms with van der Waals surface area (Å²) in [7, 11) is 3.42. The van der Waals surface area contributed by atoms with E-state index in [-0.39, 0.29) is 24.2 Å². The summed E-state index contributed by atoms with van der Waals surface area (Å²) < 4.78 is 1.05. The Kier molecular flexibility index (Phi) is 4.49. The first-order chi connectivity index (χ1) is 11.5. The molecule has 3 rings (SSSR count). The zero-order valence-corrected chi connectivity index (χ0v) is 14.2. The van der Waals surface area contributed by atoms with E-state index in [0.29, 0.717) is 6.54 Å². The van der Waals surface area contributed by atoms with Crippen LogP contribution in [0.4, 0.5) is 11.4 Å². The van der Waals surface area contributed by atoms with E-state index >= 15 is 0 Å². The number of anilines is 2. The first-order valence-electron chi connectivity index (χ1n) is 7.36. The minimum atomic E-state index is -0.324. The molecule has 2 amide bonds. The van der Waals surface area contributed by atoms with Gasteiger partial charge in [-0.2, -0.15) is 4.09 Å². The number of rotatable bonds is 4. The molecule has 0 atom stereocenters. The fourth-order valence-electron chi connectivity index (χ4n) is 2.63. The Hall–Kier alpha value is -2.46. The van der Waals surface area contributed by atoms with Gasteiger partial charge in [0.25, 0.3) is 11.7 Å². The minimum absolute atomic E-state index is 0.0520. The third kappa shape index (κ3) is 2.85. The van der Waals surface area contributed by atoms with E-state index in [1.807, 2.05) is 18.2 Å². The van der Waals surface area contributed by atoms with E-state index in [9.17, 15) is 9.59 Å². The van der Waals surface area contributed by atoms with Gasteiger partial charge in [-0.05, 0) is 54.4 Å². The van der Waals surface area contributed by atoms with Crippen molar-refractivity contribution in [1.29, 1.82) is 0 Å². The van der Waals surface area contributed by atoms with Gasteiger partial charge in [0.15, 0.2) is 0 Å². The average molecular weight is 347 g/mol. The normalized spacial score (nSPS) is 13.0. The van der Waals surface area contributed by atoms with Crippen molar-refractivity contribution >= 4 is 36.0 Å². The first kappa shape index (κ1) is 16.4. The molecule has 0 saturated heterocycles. The van der Waals surface area contributed by atoms with Crippen molar-refractivity contribution in [2.45, 2.75) is 6.42 Å². The SMILES string of the molecule is CNCC(=O)N(C)c1ccc2c(c1)N(C(=O)c1nnnn1S)CC2.